The first-order valence-electron chi connectivity index (χ1n) is 11.4. The van der Waals surface area contributed by atoms with Gasteiger partial charge < -0.3 is 34.4 Å². The largest absolute Gasteiger partial charge is 0.478 e. The van der Waals surface area contributed by atoms with Gasteiger partial charge in [0.2, 0.25) is 5.60 Å². The molecule has 5 aliphatic heterocycles. The molecule has 0 saturated carbocycles. The van der Waals surface area contributed by atoms with Crippen molar-refractivity contribution in [3.63, 3.8) is 0 Å². The highest BCUT2D eigenvalue weighted by Gasteiger charge is 2.62. The fourth-order valence-corrected chi connectivity index (χ4v) is 6.07. The Balaban J connectivity index is 1.66. The van der Waals surface area contributed by atoms with Gasteiger partial charge in [-0.3, -0.25) is 18.5 Å². The van der Waals surface area contributed by atoms with Crippen LogP contribution in [-0.4, -0.2) is 96.2 Å². The molecule has 3 saturated heterocycles. The van der Waals surface area contributed by atoms with Gasteiger partial charge in [-0.05, 0) is 19.4 Å². The van der Waals surface area contributed by atoms with Crippen LogP contribution in [0.25, 0.3) is 0 Å². The third kappa shape index (κ3) is 4.36. The quantitative estimate of drug-likeness (QED) is 0.332. The van der Waals surface area contributed by atoms with Crippen molar-refractivity contribution in [3.8, 4) is 0 Å². The number of phosphoric acid groups is 1. The van der Waals surface area contributed by atoms with Crippen LogP contribution in [0.4, 0.5) is 4.79 Å². The fourth-order valence-electron chi connectivity index (χ4n) is 5.11. The van der Waals surface area contributed by atoms with Crippen LogP contribution >= 0.6 is 7.82 Å². The van der Waals surface area contributed by atoms with E-state index < -0.39 is 87.3 Å². The van der Waals surface area contributed by atoms with Gasteiger partial charge in [-0.1, -0.05) is 0 Å². The van der Waals surface area contributed by atoms with E-state index in [0.29, 0.717) is 5.56 Å². The molecular formula is C20H26N3O13P. The summed E-state index contributed by atoms with van der Waals surface area (Å²) in [7, 11) is -4.78. The Kier molecular flexibility index (Phi) is 6.44. The summed E-state index contributed by atoms with van der Waals surface area (Å²) < 4.78 is 40.6. The minimum Gasteiger partial charge on any atom is -0.478 e. The molecule has 7 unspecified atom stereocenters. The summed E-state index contributed by atoms with van der Waals surface area (Å²) in [5.74, 6) is -1.52. The number of ether oxygens (including phenoxy) is 3. The van der Waals surface area contributed by atoms with Crippen molar-refractivity contribution < 1.29 is 57.6 Å². The zero-order valence-electron chi connectivity index (χ0n) is 19.7. The number of carbonyl (C=O) groups excluding carboxylic acids is 1. The Hall–Kier alpha value is -2.43. The van der Waals surface area contributed by atoms with Crippen molar-refractivity contribution in [2.75, 3.05) is 13.2 Å². The molecule has 0 spiro atoms. The lowest BCUT2D eigenvalue weighted by Crippen LogP contribution is -2.47. The molecule has 3 fully saturated rings. The second-order valence-electron chi connectivity index (χ2n) is 9.48. The number of aliphatic hydroxyl groups is 2. The Morgan fingerprint density at radius 1 is 1.24 bits per heavy atom. The summed E-state index contributed by atoms with van der Waals surface area (Å²) in [4.78, 5) is 53.6. The summed E-state index contributed by atoms with van der Waals surface area (Å²) in [5.41, 5.74) is -2.82. The molecule has 0 aliphatic carbocycles. The molecule has 37 heavy (non-hydrogen) atoms. The predicted molar refractivity (Wildman–Crippen MR) is 116 cm³/mol. The van der Waals surface area contributed by atoms with Gasteiger partial charge in [-0.25, -0.2) is 18.9 Å². The van der Waals surface area contributed by atoms with Crippen LogP contribution in [0, 0.1) is 6.92 Å². The lowest BCUT2D eigenvalue weighted by Gasteiger charge is -2.32. The van der Waals surface area contributed by atoms with Crippen molar-refractivity contribution in [3.05, 3.63) is 27.9 Å². The second kappa shape index (κ2) is 9.10. The van der Waals surface area contributed by atoms with Crippen LogP contribution in [0.3, 0.4) is 0 Å². The monoisotopic (exact) mass is 547 g/mol. The summed E-state index contributed by atoms with van der Waals surface area (Å²) in [5, 5.41) is 30.2. The van der Waals surface area contributed by atoms with Crippen molar-refractivity contribution in [1.29, 1.82) is 0 Å². The molecule has 9 atom stereocenters. The average molecular weight is 547 g/mol. The number of nitrogens with zero attached hydrogens (tertiary/aromatic N) is 3. The minimum atomic E-state index is -4.78. The first-order chi connectivity index (χ1) is 17.3. The standard InChI is InChI=1S/C20H26N3O13P/c1-8-5-22-13-3-9(25)12(34-13)7-32-37(30,31)36-10-4-14(33-11(10)6-24)23-16(15(8)21-18(22)28)20(2,17(26)27)35-19(23)29/h5,9-14,16,24-25H,3-4,6-7H2,1-2H3,(H,26,27)(H,30,31)/t9?,10?,11?,12?,13?,14?,16-,20+/m0/s1. The van der Waals surface area contributed by atoms with Crippen molar-refractivity contribution >= 4 is 19.9 Å². The molecule has 4 N–H and O–H groups in total. The molecule has 204 valence electrons. The second-order valence-corrected chi connectivity index (χ2v) is 10.9. The van der Waals surface area contributed by atoms with Crippen LogP contribution in [0.5, 0.6) is 0 Å². The third-order valence-electron chi connectivity index (χ3n) is 7.02. The SMILES string of the molecule is Cc1cn2c(=O)nc1[C@@H]1N(C(=O)O[C@@]1(C)C(=O)O)C1CC(OP(=O)(O)OCC3OC2CC3O)C(CO)O1. The number of hydrogen-bond acceptors (Lipinski definition) is 12. The number of aromatic nitrogens is 2. The van der Waals surface area contributed by atoms with Crippen LogP contribution in [0.2, 0.25) is 0 Å². The van der Waals surface area contributed by atoms with Gasteiger partial charge in [0, 0.05) is 19.0 Å². The Morgan fingerprint density at radius 3 is 2.65 bits per heavy atom. The highest BCUT2D eigenvalue weighted by atomic mass is 31.2. The number of rotatable bonds is 2. The van der Waals surface area contributed by atoms with E-state index in [1.54, 1.807) is 6.92 Å². The summed E-state index contributed by atoms with van der Waals surface area (Å²) in [6, 6.07) is -1.46. The lowest BCUT2D eigenvalue weighted by atomic mass is 9.91. The highest BCUT2D eigenvalue weighted by molar-refractivity contribution is 7.47. The van der Waals surface area contributed by atoms with E-state index in [9.17, 15) is 39.2 Å². The minimum absolute atomic E-state index is 0.0693. The smallest absolute Gasteiger partial charge is 0.472 e. The predicted octanol–water partition coefficient (Wildman–Crippen LogP) is -0.840. The Labute approximate surface area is 208 Å². The molecule has 1 aromatic heterocycles. The molecule has 0 radical (unpaired) electrons. The van der Waals surface area contributed by atoms with Gasteiger partial charge in [0.15, 0.2) is 0 Å². The van der Waals surface area contributed by atoms with Gasteiger partial charge in [-0.15, -0.1) is 0 Å². The number of hydrogen-bond donors (Lipinski definition) is 4. The number of fused-ring (bicyclic) bond motifs is 5. The summed E-state index contributed by atoms with van der Waals surface area (Å²) >= 11 is 0. The molecule has 6 heterocycles. The van der Waals surface area contributed by atoms with Crippen LogP contribution in [-0.2, 0) is 32.6 Å². The molecule has 5 aliphatic rings. The number of carboxylic acid groups (broad SMARTS) is 1. The van der Waals surface area contributed by atoms with E-state index >= 15 is 0 Å². The van der Waals surface area contributed by atoms with E-state index in [0.717, 1.165) is 16.4 Å². The first-order valence-corrected chi connectivity index (χ1v) is 12.9. The zero-order valence-corrected chi connectivity index (χ0v) is 20.6. The number of carboxylic acids is 1. The van der Waals surface area contributed by atoms with E-state index in [1.807, 2.05) is 0 Å². The average Bonchev–Trinajstić information content (AvgIpc) is 3.46. The molecule has 0 aromatic carbocycles. The maximum absolute atomic E-state index is 13.1. The number of aryl methyl sites for hydroxylation is 1. The number of aliphatic carboxylic acids is 1. The molecular weight excluding hydrogens is 521 g/mol. The molecule has 1 aromatic rings. The lowest BCUT2D eigenvalue weighted by molar-refractivity contribution is -0.157. The Bertz CT molecular complexity index is 1220. The number of carbonyl (C=O) groups is 2. The van der Waals surface area contributed by atoms with Gasteiger partial charge in [0.05, 0.1) is 25.0 Å². The molecule has 1 amide bonds. The zero-order chi connectivity index (χ0) is 26.9. The van der Waals surface area contributed by atoms with Crippen molar-refractivity contribution in [2.24, 2.45) is 0 Å². The van der Waals surface area contributed by atoms with E-state index in [4.69, 9.17) is 23.3 Å². The third-order valence-corrected chi connectivity index (χ3v) is 8.04. The summed E-state index contributed by atoms with van der Waals surface area (Å²) in [6.45, 7) is 1.47. The number of aliphatic hydroxyl groups excluding tert-OH is 2. The fraction of sp³-hybridized carbons (Fsp3) is 0.700. The van der Waals surface area contributed by atoms with Crippen LogP contribution < -0.4 is 5.69 Å². The maximum atomic E-state index is 13.1. The Morgan fingerprint density at radius 2 is 1.97 bits per heavy atom. The van der Waals surface area contributed by atoms with Crippen LogP contribution in [0.1, 0.15) is 43.3 Å². The molecule has 16 nitrogen and oxygen atoms in total. The van der Waals surface area contributed by atoms with E-state index in [2.05, 4.69) is 4.98 Å². The van der Waals surface area contributed by atoms with Crippen LogP contribution in [0.15, 0.2) is 11.0 Å². The van der Waals surface area contributed by atoms with Gasteiger partial charge in [0.25, 0.3) is 0 Å². The molecule has 6 bridgehead atoms. The highest BCUT2D eigenvalue weighted by Crippen LogP contribution is 2.50. The van der Waals surface area contributed by atoms with Gasteiger partial charge in [-0.2, -0.15) is 4.98 Å². The number of cyclic esters (lactones) is 1. The van der Waals surface area contributed by atoms with E-state index in [1.165, 1.54) is 6.20 Å². The van der Waals surface area contributed by atoms with Crippen molar-refractivity contribution in [2.45, 2.75) is 75.2 Å². The normalized spacial score (nSPS) is 41.6. The molecule has 6 rings (SSSR count). The van der Waals surface area contributed by atoms with E-state index in [-0.39, 0.29) is 18.5 Å². The summed E-state index contributed by atoms with van der Waals surface area (Å²) in [6.07, 6.45) is -7.08. The van der Waals surface area contributed by atoms with Gasteiger partial charge >= 0.3 is 25.6 Å². The molecule has 17 heteroatoms. The maximum Gasteiger partial charge on any atom is 0.472 e. The van der Waals surface area contributed by atoms with Crippen molar-refractivity contribution in [1.82, 2.24) is 14.5 Å². The first kappa shape index (κ1) is 26.2. The van der Waals surface area contributed by atoms with Gasteiger partial charge in [0.1, 0.15) is 36.8 Å². The number of phosphoric ester groups is 1. The topological polar surface area (TPSA) is 216 Å². The number of amides is 1.